The molecular weight excluding hydrogens is 190 g/mol. The maximum Gasteiger partial charge on any atom is 0.252 e. The first-order chi connectivity index (χ1) is 7.24. The van der Waals surface area contributed by atoms with Crippen LogP contribution in [0.3, 0.4) is 0 Å². The minimum Gasteiger partial charge on any atom is -0.353 e. The number of H-pyrrole nitrogens is 1. The maximum absolute atomic E-state index is 11.2. The van der Waals surface area contributed by atoms with Gasteiger partial charge in [0.1, 0.15) is 0 Å². The summed E-state index contributed by atoms with van der Waals surface area (Å²) in [6, 6.07) is 1.98. The molecule has 4 heteroatoms. The van der Waals surface area contributed by atoms with Crippen LogP contribution in [0.1, 0.15) is 37.8 Å². The summed E-state index contributed by atoms with van der Waals surface area (Å²) in [6.07, 6.45) is 6.23. The smallest absolute Gasteiger partial charge is 0.252 e. The first-order valence-corrected chi connectivity index (χ1v) is 5.58. The van der Waals surface area contributed by atoms with Crippen molar-refractivity contribution < 1.29 is 0 Å². The van der Waals surface area contributed by atoms with Gasteiger partial charge in [-0.1, -0.05) is 19.3 Å². The van der Waals surface area contributed by atoms with E-state index >= 15 is 0 Å². The van der Waals surface area contributed by atoms with Gasteiger partial charge in [-0.3, -0.25) is 9.78 Å². The molecule has 0 radical (unpaired) electrons. The molecule has 82 valence electrons. The molecule has 2 rings (SSSR count). The highest BCUT2D eigenvalue weighted by atomic mass is 16.1. The summed E-state index contributed by atoms with van der Waals surface area (Å²) in [5, 5.41) is 3.30. The van der Waals surface area contributed by atoms with Crippen LogP contribution in [-0.2, 0) is 0 Å². The second-order valence-electron chi connectivity index (χ2n) is 4.21. The van der Waals surface area contributed by atoms with E-state index < -0.39 is 0 Å². The van der Waals surface area contributed by atoms with E-state index in [1.165, 1.54) is 38.2 Å². The van der Waals surface area contributed by atoms with E-state index in [1.807, 2.05) is 6.92 Å². The Labute approximate surface area is 89.1 Å². The average Bonchev–Trinajstić information content (AvgIpc) is 2.17. The predicted molar refractivity (Wildman–Crippen MR) is 60.1 cm³/mol. The van der Waals surface area contributed by atoms with Crippen LogP contribution in [0.25, 0.3) is 0 Å². The first-order valence-electron chi connectivity index (χ1n) is 5.58. The SMILES string of the molecule is Cc1cc(=O)[nH]c(NC2CCCCC2)n1. The number of hydrogen-bond donors (Lipinski definition) is 2. The summed E-state index contributed by atoms with van der Waals surface area (Å²) in [5.74, 6) is 0.618. The fourth-order valence-corrected chi connectivity index (χ4v) is 2.09. The van der Waals surface area contributed by atoms with Gasteiger partial charge >= 0.3 is 0 Å². The molecule has 1 aromatic heterocycles. The Hall–Kier alpha value is -1.32. The molecule has 1 aliphatic carbocycles. The van der Waals surface area contributed by atoms with Crippen LogP contribution in [0, 0.1) is 6.92 Å². The number of aromatic nitrogens is 2. The van der Waals surface area contributed by atoms with Gasteiger partial charge in [0.05, 0.1) is 0 Å². The summed E-state index contributed by atoms with van der Waals surface area (Å²) < 4.78 is 0. The average molecular weight is 207 g/mol. The van der Waals surface area contributed by atoms with Gasteiger partial charge in [-0.2, -0.15) is 0 Å². The van der Waals surface area contributed by atoms with Gasteiger partial charge in [0, 0.05) is 17.8 Å². The van der Waals surface area contributed by atoms with Crippen molar-refractivity contribution in [1.82, 2.24) is 9.97 Å². The standard InChI is InChI=1S/C11H17N3O/c1-8-7-10(15)14-11(12-8)13-9-5-3-2-4-6-9/h7,9H,2-6H2,1H3,(H2,12,13,14,15). The van der Waals surface area contributed by atoms with Crippen LogP contribution in [-0.4, -0.2) is 16.0 Å². The zero-order valence-corrected chi connectivity index (χ0v) is 9.05. The van der Waals surface area contributed by atoms with Crippen LogP contribution in [0.15, 0.2) is 10.9 Å². The molecule has 0 aromatic carbocycles. The Bertz CT molecular complexity index is 380. The molecule has 0 atom stereocenters. The summed E-state index contributed by atoms with van der Waals surface area (Å²) >= 11 is 0. The Morgan fingerprint density at radius 3 is 2.80 bits per heavy atom. The minimum absolute atomic E-state index is 0.0826. The number of nitrogens with zero attached hydrogens (tertiary/aromatic N) is 1. The molecule has 0 bridgehead atoms. The van der Waals surface area contributed by atoms with Crippen LogP contribution in [0.4, 0.5) is 5.95 Å². The number of rotatable bonds is 2. The van der Waals surface area contributed by atoms with Crippen LogP contribution in [0.5, 0.6) is 0 Å². The normalized spacial score (nSPS) is 17.7. The molecule has 2 N–H and O–H groups in total. The number of nitrogens with one attached hydrogen (secondary N) is 2. The second kappa shape index (κ2) is 4.47. The van der Waals surface area contributed by atoms with Crippen molar-refractivity contribution in [3.05, 3.63) is 22.1 Å². The van der Waals surface area contributed by atoms with Crippen molar-refractivity contribution in [2.75, 3.05) is 5.32 Å². The quantitative estimate of drug-likeness (QED) is 0.777. The van der Waals surface area contributed by atoms with Gasteiger partial charge in [-0.15, -0.1) is 0 Å². The van der Waals surface area contributed by atoms with Crippen molar-refractivity contribution in [1.29, 1.82) is 0 Å². The lowest BCUT2D eigenvalue weighted by Crippen LogP contribution is -2.25. The van der Waals surface area contributed by atoms with Gasteiger partial charge in [0.2, 0.25) is 5.95 Å². The Kier molecular flexibility index (Phi) is 3.04. The predicted octanol–water partition coefficient (Wildman–Crippen LogP) is 1.82. The molecule has 1 aromatic rings. The summed E-state index contributed by atoms with van der Waals surface area (Å²) in [7, 11) is 0. The molecular formula is C11H17N3O. The van der Waals surface area contributed by atoms with E-state index in [-0.39, 0.29) is 5.56 Å². The lowest BCUT2D eigenvalue weighted by molar-refractivity contribution is 0.460. The lowest BCUT2D eigenvalue weighted by Gasteiger charge is -2.22. The van der Waals surface area contributed by atoms with E-state index in [2.05, 4.69) is 15.3 Å². The van der Waals surface area contributed by atoms with E-state index in [9.17, 15) is 4.79 Å². The van der Waals surface area contributed by atoms with E-state index in [4.69, 9.17) is 0 Å². The van der Waals surface area contributed by atoms with Gasteiger partial charge in [0.15, 0.2) is 0 Å². The monoisotopic (exact) mass is 207 g/mol. The van der Waals surface area contributed by atoms with Gasteiger partial charge in [-0.25, -0.2) is 4.98 Å². The van der Waals surface area contributed by atoms with Crippen LogP contribution < -0.4 is 10.9 Å². The molecule has 0 aliphatic heterocycles. The first kappa shape index (κ1) is 10.2. The Morgan fingerprint density at radius 2 is 2.13 bits per heavy atom. The fourth-order valence-electron chi connectivity index (χ4n) is 2.09. The molecule has 1 aliphatic rings. The van der Waals surface area contributed by atoms with Crippen molar-refractivity contribution in [3.8, 4) is 0 Å². The zero-order valence-electron chi connectivity index (χ0n) is 9.05. The molecule has 0 spiro atoms. The van der Waals surface area contributed by atoms with Gasteiger partial charge in [-0.05, 0) is 19.8 Å². The summed E-state index contributed by atoms with van der Waals surface area (Å²) in [4.78, 5) is 18.2. The van der Waals surface area contributed by atoms with Crippen molar-refractivity contribution in [2.45, 2.75) is 45.1 Å². The van der Waals surface area contributed by atoms with Crippen molar-refractivity contribution >= 4 is 5.95 Å². The highest BCUT2D eigenvalue weighted by Gasteiger charge is 2.13. The minimum atomic E-state index is -0.0826. The number of aryl methyl sites for hydroxylation is 1. The Morgan fingerprint density at radius 1 is 1.40 bits per heavy atom. The molecule has 1 heterocycles. The molecule has 15 heavy (non-hydrogen) atoms. The van der Waals surface area contributed by atoms with E-state index in [0.717, 1.165) is 5.69 Å². The number of anilines is 1. The number of hydrogen-bond acceptors (Lipinski definition) is 3. The lowest BCUT2D eigenvalue weighted by atomic mass is 9.96. The van der Waals surface area contributed by atoms with Crippen molar-refractivity contribution in [2.24, 2.45) is 0 Å². The summed E-state index contributed by atoms with van der Waals surface area (Å²) in [5.41, 5.74) is 0.679. The highest BCUT2D eigenvalue weighted by Crippen LogP contribution is 2.19. The second-order valence-corrected chi connectivity index (χ2v) is 4.21. The third-order valence-corrected chi connectivity index (χ3v) is 2.82. The maximum atomic E-state index is 11.2. The molecule has 0 unspecified atom stereocenters. The van der Waals surface area contributed by atoms with E-state index in [0.29, 0.717) is 12.0 Å². The zero-order chi connectivity index (χ0) is 10.7. The third kappa shape index (κ3) is 2.81. The molecule has 1 fully saturated rings. The van der Waals surface area contributed by atoms with Crippen LogP contribution >= 0.6 is 0 Å². The van der Waals surface area contributed by atoms with Crippen LogP contribution in [0.2, 0.25) is 0 Å². The van der Waals surface area contributed by atoms with Gasteiger partial charge < -0.3 is 5.32 Å². The molecule has 4 nitrogen and oxygen atoms in total. The van der Waals surface area contributed by atoms with Crippen molar-refractivity contribution in [3.63, 3.8) is 0 Å². The Balaban J connectivity index is 2.06. The highest BCUT2D eigenvalue weighted by molar-refractivity contribution is 5.26. The largest absolute Gasteiger partial charge is 0.353 e. The fraction of sp³-hybridized carbons (Fsp3) is 0.636. The molecule has 0 amide bonds. The van der Waals surface area contributed by atoms with E-state index in [1.54, 1.807) is 0 Å². The third-order valence-electron chi connectivity index (χ3n) is 2.82. The molecule has 0 saturated heterocycles. The topological polar surface area (TPSA) is 57.8 Å². The summed E-state index contributed by atoms with van der Waals surface area (Å²) in [6.45, 7) is 1.83. The molecule has 1 saturated carbocycles. The van der Waals surface area contributed by atoms with Gasteiger partial charge in [0.25, 0.3) is 5.56 Å². The number of aromatic amines is 1.